The molecule has 1 aromatic rings. The number of benzene rings is 1. The first-order chi connectivity index (χ1) is 8.66. The van der Waals surface area contributed by atoms with Gasteiger partial charge in [-0.3, -0.25) is 4.79 Å². The molecule has 4 heteroatoms. The first-order valence-electron chi connectivity index (χ1n) is 6.10. The van der Waals surface area contributed by atoms with Gasteiger partial charge >= 0.3 is 0 Å². The van der Waals surface area contributed by atoms with E-state index >= 15 is 0 Å². The molecule has 18 heavy (non-hydrogen) atoms. The van der Waals surface area contributed by atoms with Gasteiger partial charge in [-0.15, -0.1) is 0 Å². The lowest BCUT2D eigenvalue weighted by Gasteiger charge is -2.19. The molecule has 1 saturated carbocycles. The minimum atomic E-state index is -0.786. The number of amides is 1. The van der Waals surface area contributed by atoms with Gasteiger partial charge in [-0.1, -0.05) is 40.9 Å². The van der Waals surface area contributed by atoms with Gasteiger partial charge in [0.05, 0.1) is 6.07 Å². The molecule has 0 aliphatic heterocycles. The molecule has 1 amide bonds. The smallest absolute Gasteiger partial charge is 0.240 e. The van der Waals surface area contributed by atoms with Gasteiger partial charge in [-0.25, -0.2) is 0 Å². The molecule has 0 bridgehead atoms. The van der Waals surface area contributed by atoms with Crippen molar-refractivity contribution < 1.29 is 4.79 Å². The van der Waals surface area contributed by atoms with Gasteiger partial charge in [0.25, 0.3) is 0 Å². The van der Waals surface area contributed by atoms with Crippen molar-refractivity contribution in [2.45, 2.75) is 32.2 Å². The van der Waals surface area contributed by atoms with Crippen molar-refractivity contribution >= 4 is 21.8 Å². The summed E-state index contributed by atoms with van der Waals surface area (Å²) in [5.74, 6) is -0.123. The minimum absolute atomic E-state index is 0.123. The summed E-state index contributed by atoms with van der Waals surface area (Å²) in [4.78, 5) is 12.1. The van der Waals surface area contributed by atoms with Crippen LogP contribution in [0, 0.1) is 16.7 Å². The van der Waals surface area contributed by atoms with Crippen LogP contribution in [0.5, 0.6) is 0 Å². The molecule has 1 N–H and O–H groups in total. The summed E-state index contributed by atoms with van der Waals surface area (Å²) in [5.41, 5.74) is 0.246. The highest BCUT2D eigenvalue weighted by Gasteiger charge is 2.41. The van der Waals surface area contributed by atoms with Crippen molar-refractivity contribution in [2.24, 2.45) is 5.41 Å². The fourth-order valence-electron chi connectivity index (χ4n) is 2.37. The Morgan fingerprint density at radius 3 is 2.78 bits per heavy atom. The van der Waals surface area contributed by atoms with Crippen molar-refractivity contribution in [3.63, 3.8) is 0 Å². The molecule has 1 aromatic carbocycles. The molecule has 0 unspecified atom stereocenters. The Kier molecular flexibility index (Phi) is 4.03. The third-order valence-electron chi connectivity index (χ3n) is 3.45. The van der Waals surface area contributed by atoms with Gasteiger partial charge in [0.15, 0.2) is 0 Å². The Morgan fingerprint density at radius 1 is 1.44 bits per heavy atom. The van der Waals surface area contributed by atoms with Crippen LogP contribution in [0.2, 0.25) is 0 Å². The fourth-order valence-corrected chi connectivity index (χ4v) is 2.81. The van der Waals surface area contributed by atoms with Crippen LogP contribution in [-0.2, 0) is 11.3 Å². The second-order valence-corrected chi connectivity index (χ2v) is 5.63. The number of rotatable bonds is 3. The average Bonchev–Trinajstić information content (AvgIpc) is 2.86. The van der Waals surface area contributed by atoms with Gasteiger partial charge in [-0.05, 0) is 30.5 Å². The Morgan fingerprint density at radius 2 is 2.17 bits per heavy atom. The van der Waals surface area contributed by atoms with Crippen molar-refractivity contribution in [1.82, 2.24) is 5.32 Å². The normalized spacial score (nSPS) is 17.1. The number of hydrogen-bond acceptors (Lipinski definition) is 2. The standard InChI is InChI=1S/C14H15BrN2O/c15-12-5-3-4-11(8-12)9-17-13(18)14(10-16)6-1-2-7-14/h3-5,8H,1-2,6-7,9H2,(H,17,18). The summed E-state index contributed by atoms with van der Waals surface area (Å²) in [6.07, 6.45) is 3.32. The topological polar surface area (TPSA) is 52.9 Å². The SMILES string of the molecule is N#CC1(C(=O)NCc2cccc(Br)c2)CCCC1. The lowest BCUT2D eigenvalue weighted by molar-refractivity contribution is -0.128. The minimum Gasteiger partial charge on any atom is -0.351 e. The zero-order valence-electron chi connectivity index (χ0n) is 10.1. The first-order valence-corrected chi connectivity index (χ1v) is 6.90. The maximum Gasteiger partial charge on any atom is 0.240 e. The molecule has 0 heterocycles. The van der Waals surface area contributed by atoms with Crippen molar-refractivity contribution in [3.05, 3.63) is 34.3 Å². The van der Waals surface area contributed by atoms with E-state index in [1.807, 2.05) is 24.3 Å². The van der Waals surface area contributed by atoms with Crippen LogP contribution in [0.3, 0.4) is 0 Å². The van der Waals surface area contributed by atoms with E-state index in [2.05, 4.69) is 27.3 Å². The van der Waals surface area contributed by atoms with Crippen molar-refractivity contribution in [1.29, 1.82) is 5.26 Å². The molecule has 0 spiro atoms. The Bertz CT molecular complexity index is 487. The second-order valence-electron chi connectivity index (χ2n) is 4.71. The largest absolute Gasteiger partial charge is 0.351 e. The van der Waals surface area contributed by atoms with Crippen LogP contribution in [0.25, 0.3) is 0 Å². The van der Waals surface area contributed by atoms with E-state index in [-0.39, 0.29) is 5.91 Å². The number of nitriles is 1. The zero-order valence-corrected chi connectivity index (χ0v) is 11.7. The summed E-state index contributed by atoms with van der Waals surface area (Å²) >= 11 is 3.39. The highest BCUT2D eigenvalue weighted by molar-refractivity contribution is 9.10. The van der Waals surface area contributed by atoms with Gasteiger partial charge in [-0.2, -0.15) is 5.26 Å². The molecule has 94 valence electrons. The molecule has 0 saturated heterocycles. The number of nitrogens with zero attached hydrogens (tertiary/aromatic N) is 1. The number of carbonyl (C=O) groups excluding carboxylic acids is 1. The molecule has 1 aliphatic rings. The molecule has 2 rings (SSSR count). The summed E-state index contributed by atoms with van der Waals surface area (Å²) < 4.78 is 0.991. The third-order valence-corrected chi connectivity index (χ3v) is 3.94. The quantitative estimate of drug-likeness (QED) is 0.932. The molecule has 0 atom stereocenters. The van der Waals surface area contributed by atoms with E-state index in [0.29, 0.717) is 19.4 Å². The maximum atomic E-state index is 12.1. The van der Waals surface area contributed by atoms with Gasteiger partial charge < -0.3 is 5.32 Å². The first kappa shape index (κ1) is 13.1. The van der Waals surface area contributed by atoms with Gasteiger partial charge in [0.1, 0.15) is 5.41 Å². The fraction of sp³-hybridized carbons (Fsp3) is 0.429. The number of hydrogen-bond donors (Lipinski definition) is 1. The molecule has 0 aromatic heterocycles. The summed E-state index contributed by atoms with van der Waals surface area (Å²) in [6.45, 7) is 0.474. The van der Waals surface area contributed by atoms with Crippen LogP contribution in [0.15, 0.2) is 28.7 Å². The highest BCUT2D eigenvalue weighted by Crippen LogP contribution is 2.37. The second kappa shape index (κ2) is 5.53. The van der Waals surface area contributed by atoms with Crippen LogP contribution in [0.4, 0.5) is 0 Å². The van der Waals surface area contributed by atoms with E-state index in [4.69, 9.17) is 0 Å². The Hall–Kier alpha value is -1.34. The van der Waals surface area contributed by atoms with Crippen LogP contribution >= 0.6 is 15.9 Å². The number of nitrogens with one attached hydrogen (secondary N) is 1. The van der Waals surface area contributed by atoms with Crippen LogP contribution < -0.4 is 5.32 Å². The Balaban J connectivity index is 1.98. The van der Waals surface area contributed by atoms with E-state index in [0.717, 1.165) is 22.9 Å². The average molecular weight is 307 g/mol. The van der Waals surface area contributed by atoms with Crippen molar-refractivity contribution in [2.75, 3.05) is 0 Å². The highest BCUT2D eigenvalue weighted by atomic mass is 79.9. The van der Waals surface area contributed by atoms with E-state index in [9.17, 15) is 10.1 Å². The molecule has 1 fully saturated rings. The summed E-state index contributed by atoms with van der Waals surface area (Å²) in [5, 5.41) is 12.1. The number of carbonyl (C=O) groups is 1. The van der Waals surface area contributed by atoms with Gasteiger partial charge in [0, 0.05) is 11.0 Å². The van der Waals surface area contributed by atoms with E-state index < -0.39 is 5.41 Å². The predicted molar refractivity (Wildman–Crippen MR) is 72.5 cm³/mol. The van der Waals surface area contributed by atoms with Gasteiger partial charge in [0.2, 0.25) is 5.91 Å². The van der Waals surface area contributed by atoms with E-state index in [1.165, 1.54) is 0 Å². The molecular formula is C14H15BrN2O. The molecule has 1 aliphatic carbocycles. The van der Waals surface area contributed by atoms with Crippen LogP contribution in [-0.4, -0.2) is 5.91 Å². The zero-order chi connectivity index (χ0) is 13.0. The monoisotopic (exact) mass is 306 g/mol. The van der Waals surface area contributed by atoms with Crippen molar-refractivity contribution in [3.8, 4) is 6.07 Å². The molecule has 3 nitrogen and oxygen atoms in total. The van der Waals surface area contributed by atoms with E-state index in [1.54, 1.807) is 0 Å². The Labute approximate surface area is 115 Å². The lowest BCUT2D eigenvalue weighted by atomic mass is 9.87. The predicted octanol–water partition coefficient (Wildman–Crippen LogP) is 3.15. The maximum absolute atomic E-state index is 12.1. The van der Waals surface area contributed by atoms with Crippen LogP contribution in [0.1, 0.15) is 31.2 Å². The molecular weight excluding hydrogens is 292 g/mol. The summed E-state index contributed by atoms with van der Waals surface area (Å²) in [7, 11) is 0. The summed E-state index contributed by atoms with van der Waals surface area (Å²) in [6, 6.07) is 10.0. The third kappa shape index (κ3) is 2.73. The number of halogens is 1. The molecule has 0 radical (unpaired) electrons. The lowest BCUT2D eigenvalue weighted by Crippen LogP contribution is -2.37.